The van der Waals surface area contributed by atoms with Crippen molar-refractivity contribution in [3.05, 3.63) is 41.8 Å². The van der Waals surface area contributed by atoms with Gasteiger partial charge in [-0.05, 0) is 29.7 Å². The van der Waals surface area contributed by atoms with Gasteiger partial charge in [0.2, 0.25) is 0 Å². The number of nitrogens with zero attached hydrogens (tertiary/aromatic N) is 4. The summed E-state index contributed by atoms with van der Waals surface area (Å²) in [6.45, 7) is 12.0. The maximum Gasteiger partial charge on any atom is 0.148 e. The third-order valence-corrected chi connectivity index (χ3v) is 7.33. The highest BCUT2D eigenvalue weighted by molar-refractivity contribution is 6.76. The van der Waals surface area contributed by atoms with E-state index >= 15 is 0 Å². The van der Waals surface area contributed by atoms with Gasteiger partial charge in [0.05, 0.1) is 12.0 Å². The van der Waals surface area contributed by atoms with E-state index in [9.17, 15) is 0 Å². The number of anilines is 1. The fraction of sp³-hybridized carbons (Fsp3) is 0.500. The Labute approximate surface area is 197 Å². The van der Waals surface area contributed by atoms with Crippen LogP contribution in [0.2, 0.25) is 30.7 Å². The molecule has 0 aliphatic heterocycles. The Kier molecular flexibility index (Phi) is 8.33. The summed E-state index contributed by atoms with van der Waals surface area (Å²) in [5.41, 5.74) is 2.96. The molecule has 6 nitrogen and oxygen atoms in total. The SMILES string of the molecule is COCC(C)CN(C)c1ncnc2c1c(-c1cccc(Cl)c1)cn2COCC[Si](C)(C)C. The first-order chi connectivity index (χ1) is 15.2. The molecule has 0 aliphatic carbocycles. The second-order valence-corrected chi connectivity index (χ2v) is 15.8. The van der Waals surface area contributed by atoms with Crippen LogP contribution in [0.1, 0.15) is 6.92 Å². The van der Waals surface area contributed by atoms with Gasteiger partial charge in [0.15, 0.2) is 0 Å². The molecule has 0 saturated carbocycles. The largest absolute Gasteiger partial charge is 0.384 e. The van der Waals surface area contributed by atoms with Crippen LogP contribution in [-0.2, 0) is 16.2 Å². The maximum absolute atomic E-state index is 6.32. The van der Waals surface area contributed by atoms with Gasteiger partial charge >= 0.3 is 0 Å². The van der Waals surface area contributed by atoms with Gasteiger partial charge in [0.25, 0.3) is 0 Å². The summed E-state index contributed by atoms with van der Waals surface area (Å²) in [5, 5.41) is 1.71. The van der Waals surface area contributed by atoms with Gasteiger partial charge in [0.1, 0.15) is 24.5 Å². The van der Waals surface area contributed by atoms with E-state index < -0.39 is 8.07 Å². The minimum absolute atomic E-state index is 0.372. The van der Waals surface area contributed by atoms with Crippen molar-refractivity contribution in [2.45, 2.75) is 39.3 Å². The van der Waals surface area contributed by atoms with Crippen LogP contribution in [0.25, 0.3) is 22.2 Å². The lowest BCUT2D eigenvalue weighted by Crippen LogP contribution is -2.27. The molecule has 0 saturated heterocycles. The Bertz CT molecular complexity index is 1030. The van der Waals surface area contributed by atoms with E-state index in [1.54, 1.807) is 13.4 Å². The quantitative estimate of drug-likeness (QED) is 0.260. The molecule has 0 radical (unpaired) electrons. The smallest absolute Gasteiger partial charge is 0.148 e. The first kappa shape index (κ1) is 24.7. The molecule has 0 bridgehead atoms. The fourth-order valence-corrected chi connectivity index (χ4v) is 4.75. The van der Waals surface area contributed by atoms with Crippen LogP contribution >= 0.6 is 11.6 Å². The molecule has 32 heavy (non-hydrogen) atoms. The van der Waals surface area contributed by atoms with Crippen molar-refractivity contribution in [3.63, 3.8) is 0 Å². The summed E-state index contributed by atoms with van der Waals surface area (Å²) in [4.78, 5) is 11.5. The number of benzene rings is 1. The lowest BCUT2D eigenvalue weighted by atomic mass is 10.1. The molecule has 174 valence electrons. The van der Waals surface area contributed by atoms with Crippen molar-refractivity contribution < 1.29 is 9.47 Å². The van der Waals surface area contributed by atoms with Crippen LogP contribution in [0.4, 0.5) is 5.82 Å². The van der Waals surface area contributed by atoms with E-state index in [-0.39, 0.29) is 0 Å². The Morgan fingerprint density at radius 1 is 1.22 bits per heavy atom. The Morgan fingerprint density at radius 3 is 2.69 bits per heavy atom. The number of rotatable bonds is 11. The first-order valence-corrected chi connectivity index (χ1v) is 15.2. The number of fused-ring (bicyclic) bond motifs is 1. The molecule has 8 heteroatoms. The van der Waals surface area contributed by atoms with E-state index in [4.69, 9.17) is 21.1 Å². The summed E-state index contributed by atoms with van der Waals surface area (Å²) in [6, 6.07) is 9.05. The van der Waals surface area contributed by atoms with E-state index in [0.29, 0.717) is 24.3 Å². The highest BCUT2D eigenvalue weighted by Crippen LogP contribution is 2.36. The molecule has 0 amide bonds. The fourth-order valence-electron chi connectivity index (χ4n) is 3.80. The van der Waals surface area contributed by atoms with Crippen molar-refractivity contribution >= 4 is 36.5 Å². The summed E-state index contributed by atoms with van der Waals surface area (Å²) < 4.78 is 13.5. The second kappa shape index (κ2) is 10.8. The third-order valence-electron chi connectivity index (χ3n) is 5.39. The normalized spacial score (nSPS) is 13.0. The molecular formula is C24H35ClN4O2Si. The molecule has 1 unspecified atom stereocenters. The number of hydrogen-bond acceptors (Lipinski definition) is 5. The topological polar surface area (TPSA) is 52.4 Å². The molecule has 1 aromatic carbocycles. The minimum Gasteiger partial charge on any atom is -0.384 e. The van der Waals surface area contributed by atoms with Crippen LogP contribution in [0, 0.1) is 5.92 Å². The predicted octanol–water partition coefficient (Wildman–Crippen LogP) is 5.78. The molecule has 2 heterocycles. The van der Waals surface area contributed by atoms with Crippen molar-refractivity contribution in [1.29, 1.82) is 0 Å². The zero-order chi connectivity index (χ0) is 23.3. The number of methoxy groups -OCH3 is 1. The van der Waals surface area contributed by atoms with Crippen LogP contribution in [0.3, 0.4) is 0 Å². The zero-order valence-corrected chi connectivity index (χ0v) is 21.8. The van der Waals surface area contributed by atoms with E-state index in [1.807, 2.05) is 18.2 Å². The van der Waals surface area contributed by atoms with Gasteiger partial charge < -0.3 is 18.9 Å². The number of hydrogen-bond donors (Lipinski definition) is 0. The van der Waals surface area contributed by atoms with Crippen molar-refractivity contribution in [2.24, 2.45) is 5.92 Å². The van der Waals surface area contributed by atoms with Gasteiger partial charge in [-0.2, -0.15) is 0 Å². The number of ether oxygens (including phenoxy) is 2. The zero-order valence-electron chi connectivity index (χ0n) is 20.1. The molecule has 1 atom stereocenters. The molecule has 0 aliphatic rings. The summed E-state index contributed by atoms with van der Waals surface area (Å²) in [5.74, 6) is 1.27. The molecule has 0 N–H and O–H groups in total. The van der Waals surface area contributed by atoms with Crippen molar-refractivity contribution in [3.8, 4) is 11.1 Å². The summed E-state index contributed by atoms with van der Waals surface area (Å²) in [6.07, 6.45) is 3.74. The van der Waals surface area contributed by atoms with E-state index in [0.717, 1.165) is 47.2 Å². The van der Waals surface area contributed by atoms with E-state index in [2.05, 4.69) is 65.3 Å². The van der Waals surface area contributed by atoms with Gasteiger partial charge in [-0.1, -0.05) is 50.3 Å². The first-order valence-electron chi connectivity index (χ1n) is 11.1. The van der Waals surface area contributed by atoms with Gasteiger partial charge in [-0.15, -0.1) is 0 Å². The lowest BCUT2D eigenvalue weighted by molar-refractivity contribution is 0.0899. The lowest BCUT2D eigenvalue weighted by Gasteiger charge is -2.23. The molecule has 3 rings (SSSR count). The highest BCUT2D eigenvalue weighted by Gasteiger charge is 2.20. The second-order valence-electron chi connectivity index (χ2n) is 9.71. The van der Waals surface area contributed by atoms with Crippen LogP contribution in [0.15, 0.2) is 36.8 Å². The van der Waals surface area contributed by atoms with Gasteiger partial charge in [-0.25, -0.2) is 9.97 Å². The Balaban J connectivity index is 2.00. The average Bonchev–Trinajstić information content (AvgIpc) is 3.09. The van der Waals surface area contributed by atoms with Crippen molar-refractivity contribution in [2.75, 3.05) is 38.8 Å². The Morgan fingerprint density at radius 2 is 2.00 bits per heavy atom. The predicted molar refractivity (Wildman–Crippen MR) is 136 cm³/mol. The molecule has 3 aromatic rings. The Hall–Kier alpha value is -1.93. The van der Waals surface area contributed by atoms with Crippen LogP contribution < -0.4 is 4.90 Å². The number of aromatic nitrogens is 3. The van der Waals surface area contributed by atoms with Crippen LogP contribution in [0.5, 0.6) is 0 Å². The minimum atomic E-state index is -1.14. The molecular weight excluding hydrogens is 440 g/mol. The monoisotopic (exact) mass is 474 g/mol. The van der Waals surface area contributed by atoms with Crippen molar-refractivity contribution in [1.82, 2.24) is 14.5 Å². The maximum atomic E-state index is 6.32. The van der Waals surface area contributed by atoms with Gasteiger partial charge in [-0.3, -0.25) is 0 Å². The number of halogens is 1. The molecule has 2 aromatic heterocycles. The summed E-state index contributed by atoms with van der Waals surface area (Å²) >= 11 is 6.32. The van der Waals surface area contributed by atoms with Crippen LogP contribution in [-0.4, -0.2) is 56.5 Å². The average molecular weight is 475 g/mol. The molecule has 0 spiro atoms. The highest BCUT2D eigenvalue weighted by atomic mass is 35.5. The van der Waals surface area contributed by atoms with Gasteiger partial charge in [0, 0.05) is 52.2 Å². The third kappa shape index (κ3) is 6.31. The molecule has 0 fully saturated rings. The standard InChI is InChI=1S/C24H35ClN4O2Si/c1-18(15-30-3)13-28(2)23-22-21(19-8-7-9-20(25)12-19)14-29(24(22)27-16-26-23)17-31-10-11-32(4,5)6/h7-9,12,14,16,18H,10-11,13,15,17H2,1-6H3. The summed E-state index contributed by atoms with van der Waals surface area (Å²) in [7, 11) is 2.66. The van der Waals surface area contributed by atoms with E-state index in [1.165, 1.54) is 0 Å².